The van der Waals surface area contributed by atoms with Gasteiger partial charge in [-0.1, -0.05) is 5.21 Å². The molecule has 2 rings (SSSR count). The van der Waals surface area contributed by atoms with Crippen LogP contribution in [0.2, 0.25) is 0 Å². The molecule has 1 amide bonds. The zero-order valence-electron chi connectivity index (χ0n) is 10.3. The van der Waals surface area contributed by atoms with Gasteiger partial charge in [0.25, 0.3) is 0 Å². The minimum atomic E-state index is 0.0590. The van der Waals surface area contributed by atoms with E-state index in [4.69, 9.17) is 5.11 Å². The van der Waals surface area contributed by atoms with Crippen LogP contribution in [0.1, 0.15) is 18.5 Å². The summed E-state index contributed by atoms with van der Waals surface area (Å²) < 4.78 is 1.60. The van der Waals surface area contributed by atoms with Gasteiger partial charge in [-0.25, -0.2) is 4.68 Å². The largest absolute Gasteiger partial charge is 0.394 e. The minimum absolute atomic E-state index is 0.0590. The van der Waals surface area contributed by atoms with Crippen molar-refractivity contribution in [3.05, 3.63) is 11.9 Å². The summed E-state index contributed by atoms with van der Waals surface area (Å²) in [6, 6.07) is 0. The van der Waals surface area contributed by atoms with E-state index in [9.17, 15) is 4.79 Å². The number of nitrogens with zero attached hydrogens (tertiary/aromatic N) is 3. The summed E-state index contributed by atoms with van der Waals surface area (Å²) >= 11 is 0. The van der Waals surface area contributed by atoms with Crippen LogP contribution in [-0.2, 0) is 17.9 Å². The standard InChI is InChI=1S/C11H19N5O2/c17-6-5-16-8-10(14-15-16)7-12-3-4-13-11(18)9-1-2-9/h8-9,12,17H,1-7H2,(H,13,18). The molecule has 0 aliphatic heterocycles. The zero-order valence-corrected chi connectivity index (χ0v) is 10.3. The first-order valence-electron chi connectivity index (χ1n) is 6.28. The van der Waals surface area contributed by atoms with E-state index in [-0.39, 0.29) is 18.4 Å². The van der Waals surface area contributed by atoms with Crippen LogP contribution >= 0.6 is 0 Å². The van der Waals surface area contributed by atoms with Gasteiger partial charge in [-0.3, -0.25) is 4.79 Å². The monoisotopic (exact) mass is 253 g/mol. The van der Waals surface area contributed by atoms with Gasteiger partial charge < -0.3 is 15.7 Å². The maximum absolute atomic E-state index is 11.3. The number of aliphatic hydroxyl groups is 1. The number of carbonyl (C=O) groups excluding carboxylic acids is 1. The van der Waals surface area contributed by atoms with Crippen LogP contribution in [0.15, 0.2) is 6.20 Å². The predicted octanol–water partition coefficient (Wildman–Crippen LogP) is -1.11. The zero-order chi connectivity index (χ0) is 12.8. The lowest BCUT2D eigenvalue weighted by molar-refractivity contribution is -0.122. The normalized spacial score (nSPS) is 14.7. The molecule has 1 aromatic rings. The Morgan fingerprint density at radius 1 is 1.50 bits per heavy atom. The van der Waals surface area contributed by atoms with Crippen molar-refractivity contribution in [3.63, 3.8) is 0 Å². The first-order valence-corrected chi connectivity index (χ1v) is 6.28. The van der Waals surface area contributed by atoms with Crippen LogP contribution in [0.4, 0.5) is 0 Å². The Hall–Kier alpha value is -1.47. The third-order valence-corrected chi connectivity index (χ3v) is 2.77. The highest BCUT2D eigenvalue weighted by atomic mass is 16.3. The highest BCUT2D eigenvalue weighted by molar-refractivity contribution is 5.80. The second-order valence-electron chi connectivity index (χ2n) is 4.44. The van der Waals surface area contributed by atoms with Gasteiger partial charge in [0.15, 0.2) is 0 Å². The van der Waals surface area contributed by atoms with Crippen molar-refractivity contribution in [2.24, 2.45) is 5.92 Å². The summed E-state index contributed by atoms with van der Waals surface area (Å²) in [4.78, 5) is 11.3. The number of nitrogens with one attached hydrogen (secondary N) is 2. The van der Waals surface area contributed by atoms with Crippen LogP contribution in [0, 0.1) is 5.92 Å². The number of hydrogen-bond donors (Lipinski definition) is 3. The van der Waals surface area contributed by atoms with E-state index in [0.717, 1.165) is 18.5 Å². The molecule has 0 radical (unpaired) electrons. The first kappa shape index (κ1) is 13.0. The molecule has 0 saturated heterocycles. The molecule has 0 bridgehead atoms. The van der Waals surface area contributed by atoms with Crippen molar-refractivity contribution in [2.45, 2.75) is 25.9 Å². The fourth-order valence-corrected chi connectivity index (χ4v) is 1.61. The van der Waals surface area contributed by atoms with E-state index in [1.165, 1.54) is 0 Å². The van der Waals surface area contributed by atoms with E-state index in [2.05, 4.69) is 20.9 Å². The summed E-state index contributed by atoms with van der Waals surface area (Å²) in [5, 5.41) is 22.6. The SMILES string of the molecule is O=C(NCCNCc1cn(CCO)nn1)C1CC1. The van der Waals surface area contributed by atoms with E-state index >= 15 is 0 Å². The van der Waals surface area contributed by atoms with Gasteiger partial charge in [-0.2, -0.15) is 0 Å². The molecule has 1 fully saturated rings. The van der Waals surface area contributed by atoms with Crippen molar-refractivity contribution < 1.29 is 9.90 Å². The van der Waals surface area contributed by atoms with Crippen molar-refractivity contribution in [3.8, 4) is 0 Å². The number of aliphatic hydroxyl groups excluding tert-OH is 1. The van der Waals surface area contributed by atoms with E-state index in [0.29, 0.717) is 26.2 Å². The number of carbonyl (C=O) groups is 1. The fourth-order valence-electron chi connectivity index (χ4n) is 1.61. The Kier molecular flexibility index (Phi) is 4.66. The minimum Gasteiger partial charge on any atom is -0.394 e. The van der Waals surface area contributed by atoms with Crippen molar-refractivity contribution in [1.29, 1.82) is 0 Å². The Bertz CT molecular complexity index is 389. The Labute approximate surface area is 106 Å². The topological polar surface area (TPSA) is 92.1 Å². The molecule has 7 nitrogen and oxygen atoms in total. The van der Waals surface area contributed by atoms with E-state index in [1.54, 1.807) is 10.9 Å². The summed E-state index contributed by atoms with van der Waals surface area (Å²) in [5.41, 5.74) is 0.831. The van der Waals surface area contributed by atoms with Crippen LogP contribution in [0.3, 0.4) is 0 Å². The van der Waals surface area contributed by atoms with Crippen LogP contribution in [0.5, 0.6) is 0 Å². The molecule has 0 aromatic carbocycles. The van der Waals surface area contributed by atoms with Crippen molar-refractivity contribution in [1.82, 2.24) is 25.6 Å². The third kappa shape index (κ3) is 4.08. The van der Waals surface area contributed by atoms with E-state index in [1.807, 2.05) is 0 Å². The highest BCUT2D eigenvalue weighted by Crippen LogP contribution is 2.28. The lowest BCUT2D eigenvalue weighted by Crippen LogP contribution is -2.32. The average Bonchev–Trinajstić information content (AvgIpc) is 3.12. The second kappa shape index (κ2) is 6.46. The third-order valence-electron chi connectivity index (χ3n) is 2.77. The van der Waals surface area contributed by atoms with E-state index < -0.39 is 0 Å². The summed E-state index contributed by atoms with van der Waals surface area (Å²) in [6.45, 7) is 2.49. The Balaban J connectivity index is 1.55. The van der Waals surface area contributed by atoms with Gasteiger partial charge in [-0.15, -0.1) is 5.10 Å². The van der Waals surface area contributed by atoms with Gasteiger partial charge in [0.2, 0.25) is 5.91 Å². The van der Waals surface area contributed by atoms with Crippen molar-refractivity contribution >= 4 is 5.91 Å². The molecule has 0 spiro atoms. The summed E-state index contributed by atoms with van der Waals surface area (Å²) in [6.07, 6.45) is 3.87. The van der Waals surface area contributed by atoms with Crippen LogP contribution in [0.25, 0.3) is 0 Å². The summed E-state index contributed by atoms with van der Waals surface area (Å²) in [5.74, 6) is 0.439. The molecular formula is C11H19N5O2. The number of aromatic nitrogens is 3. The molecule has 0 unspecified atom stereocenters. The lowest BCUT2D eigenvalue weighted by atomic mass is 10.4. The molecule has 1 heterocycles. The first-order chi connectivity index (χ1) is 8.79. The van der Waals surface area contributed by atoms with Crippen LogP contribution < -0.4 is 10.6 Å². The predicted molar refractivity (Wildman–Crippen MR) is 64.5 cm³/mol. The number of rotatable bonds is 8. The molecule has 1 aliphatic rings. The molecule has 18 heavy (non-hydrogen) atoms. The van der Waals surface area contributed by atoms with Gasteiger partial charge in [0.1, 0.15) is 0 Å². The molecule has 1 aliphatic carbocycles. The smallest absolute Gasteiger partial charge is 0.223 e. The van der Waals surface area contributed by atoms with Crippen molar-refractivity contribution in [2.75, 3.05) is 19.7 Å². The Morgan fingerprint density at radius 2 is 2.33 bits per heavy atom. The molecular weight excluding hydrogens is 234 g/mol. The summed E-state index contributed by atoms with van der Waals surface area (Å²) in [7, 11) is 0. The average molecular weight is 253 g/mol. The molecule has 3 N–H and O–H groups in total. The second-order valence-corrected chi connectivity index (χ2v) is 4.44. The van der Waals surface area contributed by atoms with Gasteiger partial charge in [0, 0.05) is 31.7 Å². The maximum Gasteiger partial charge on any atom is 0.223 e. The Morgan fingerprint density at radius 3 is 3.06 bits per heavy atom. The molecule has 1 saturated carbocycles. The van der Waals surface area contributed by atoms with Gasteiger partial charge in [-0.05, 0) is 12.8 Å². The number of hydrogen-bond acceptors (Lipinski definition) is 5. The molecule has 0 atom stereocenters. The molecule has 1 aromatic heterocycles. The number of amides is 1. The maximum atomic E-state index is 11.3. The fraction of sp³-hybridized carbons (Fsp3) is 0.727. The molecule has 100 valence electrons. The lowest BCUT2D eigenvalue weighted by Gasteiger charge is -2.04. The van der Waals surface area contributed by atoms with Crippen LogP contribution in [-0.4, -0.2) is 45.7 Å². The van der Waals surface area contributed by atoms with Gasteiger partial charge in [0.05, 0.1) is 18.8 Å². The molecule has 7 heteroatoms. The highest BCUT2D eigenvalue weighted by Gasteiger charge is 2.28. The van der Waals surface area contributed by atoms with Gasteiger partial charge >= 0.3 is 0 Å². The quantitative estimate of drug-likeness (QED) is 0.511.